The molecule has 2 aromatic carbocycles. The summed E-state index contributed by atoms with van der Waals surface area (Å²) in [6, 6.07) is 13.4. The molecule has 0 atom stereocenters. The van der Waals surface area contributed by atoms with Crippen LogP contribution in [0.5, 0.6) is 0 Å². The quantitative estimate of drug-likeness (QED) is 0.226. The lowest BCUT2D eigenvalue weighted by atomic mass is 10.2. The van der Waals surface area contributed by atoms with E-state index in [4.69, 9.17) is 28.2 Å². The highest BCUT2D eigenvalue weighted by Gasteiger charge is 2.19. The summed E-state index contributed by atoms with van der Waals surface area (Å²) in [6.07, 6.45) is 0.889. The Balaban J connectivity index is 1.86. The monoisotopic (exact) mass is 474 g/mol. The molecule has 0 N–H and O–H groups in total. The number of halogens is 2. The average molecular weight is 475 g/mol. The van der Waals surface area contributed by atoms with Crippen molar-refractivity contribution in [1.82, 2.24) is 9.55 Å². The fourth-order valence-corrected chi connectivity index (χ4v) is 6.08. The van der Waals surface area contributed by atoms with Gasteiger partial charge in [-0.25, -0.2) is 4.98 Å². The minimum Gasteiger partial charge on any atom is -0.268 e. The molecule has 0 fully saturated rings. The van der Waals surface area contributed by atoms with E-state index in [1.165, 1.54) is 16.6 Å². The average Bonchev–Trinajstić information content (AvgIpc) is 3.04. The lowest BCUT2D eigenvalue weighted by Gasteiger charge is -2.13. The zero-order valence-electron chi connectivity index (χ0n) is 16.8. The minimum absolute atomic E-state index is 0.0259. The Morgan fingerprint density at radius 2 is 1.83 bits per heavy atom. The third-order valence-electron chi connectivity index (χ3n) is 5.02. The number of aryl methyl sites for hydroxylation is 3. The van der Waals surface area contributed by atoms with Crippen LogP contribution in [0.4, 0.5) is 0 Å². The van der Waals surface area contributed by atoms with Crippen molar-refractivity contribution in [1.29, 1.82) is 0 Å². The van der Waals surface area contributed by atoms with E-state index in [-0.39, 0.29) is 5.56 Å². The lowest BCUT2D eigenvalue weighted by Crippen LogP contribution is -2.21. The van der Waals surface area contributed by atoms with E-state index in [0.717, 1.165) is 33.6 Å². The number of rotatable bonds is 5. The highest BCUT2D eigenvalue weighted by molar-refractivity contribution is 7.98. The second kappa shape index (κ2) is 8.75. The number of thiophene rings is 1. The summed E-state index contributed by atoms with van der Waals surface area (Å²) in [5.41, 5.74) is 3.92. The highest BCUT2D eigenvalue weighted by Crippen LogP contribution is 2.33. The number of hydrogen-bond donors (Lipinski definition) is 0. The van der Waals surface area contributed by atoms with Gasteiger partial charge in [0.1, 0.15) is 4.83 Å². The maximum Gasteiger partial charge on any atom is 0.267 e. The lowest BCUT2D eigenvalue weighted by molar-refractivity contribution is 0.821. The molecule has 0 unspecified atom stereocenters. The van der Waals surface area contributed by atoms with Crippen molar-refractivity contribution in [2.45, 2.75) is 38.1 Å². The summed E-state index contributed by atoms with van der Waals surface area (Å²) in [6.45, 7) is 6.15. The van der Waals surface area contributed by atoms with E-state index >= 15 is 0 Å². The number of aromatic nitrogens is 2. The molecule has 4 aromatic rings. The van der Waals surface area contributed by atoms with Crippen LogP contribution in [0.25, 0.3) is 15.9 Å². The van der Waals surface area contributed by atoms with Crippen LogP contribution in [0, 0.1) is 13.8 Å². The van der Waals surface area contributed by atoms with E-state index in [1.54, 1.807) is 22.0 Å². The Kier molecular flexibility index (Phi) is 6.26. The van der Waals surface area contributed by atoms with Gasteiger partial charge >= 0.3 is 0 Å². The first-order chi connectivity index (χ1) is 14.4. The van der Waals surface area contributed by atoms with Crippen molar-refractivity contribution in [3.8, 4) is 5.69 Å². The second-order valence-corrected chi connectivity index (χ2v) is 9.95. The zero-order chi connectivity index (χ0) is 21.4. The molecule has 0 bridgehead atoms. The smallest absolute Gasteiger partial charge is 0.267 e. The zero-order valence-corrected chi connectivity index (χ0v) is 20.0. The fraction of sp³-hybridized carbons (Fsp3) is 0.217. The van der Waals surface area contributed by atoms with Gasteiger partial charge in [-0.2, -0.15) is 0 Å². The molecule has 0 saturated heterocycles. The topological polar surface area (TPSA) is 34.9 Å². The van der Waals surface area contributed by atoms with Crippen molar-refractivity contribution in [3.63, 3.8) is 0 Å². The molecule has 0 radical (unpaired) electrons. The van der Waals surface area contributed by atoms with Crippen LogP contribution in [0.3, 0.4) is 0 Å². The number of hydrogen-bond acceptors (Lipinski definition) is 4. The van der Waals surface area contributed by atoms with Crippen molar-refractivity contribution in [2.24, 2.45) is 0 Å². The standard InChI is InChI=1S/C23H20Cl2N2OS2/c1-4-19-14(3)20-21(30-19)26-23(29-12-15-7-8-16(24)11-18(15)25)27(22(20)28)17-9-5-13(2)6-10-17/h5-11H,4,12H2,1-3H3. The number of thioether (sulfide) groups is 1. The predicted octanol–water partition coefficient (Wildman–Crippen LogP) is 7.23. The summed E-state index contributed by atoms with van der Waals surface area (Å²) in [5, 5.41) is 2.59. The molecule has 30 heavy (non-hydrogen) atoms. The number of nitrogens with zero attached hydrogens (tertiary/aromatic N) is 2. The van der Waals surface area contributed by atoms with Crippen LogP contribution in [0.1, 0.15) is 28.5 Å². The van der Waals surface area contributed by atoms with Gasteiger partial charge in [-0.3, -0.25) is 9.36 Å². The maximum absolute atomic E-state index is 13.6. The maximum atomic E-state index is 13.6. The third-order valence-corrected chi connectivity index (χ3v) is 7.92. The molecule has 2 heterocycles. The van der Waals surface area contributed by atoms with E-state index < -0.39 is 0 Å². The summed E-state index contributed by atoms with van der Waals surface area (Å²) >= 11 is 15.5. The Bertz CT molecular complexity index is 1290. The fourth-order valence-electron chi connectivity index (χ4n) is 3.35. The van der Waals surface area contributed by atoms with E-state index in [2.05, 4.69) is 6.92 Å². The van der Waals surface area contributed by atoms with Crippen LogP contribution in [0.2, 0.25) is 10.0 Å². The summed E-state index contributed by atoms with van der Waals surface area (Å²) in [5.74, 6) is 0.588. The van der Waals surface area contributed by atoms with Gasteiger partial charge in [-0.05, 0) is 55.7 Å². The SMILES string of the molecule is CCc1sc2nc(SCc3ccc(Cl)cc3Cl)n(-c3ccc(C)cc3)c(=O)c2c1C. The van der Waals surface area contributed by atoms with Crippen molar-refractivity contribution >= 4 is 56.5 Å². The van der Waals surface area contributed by atoms with Crippen molar-refractivity contribution in [2.75, 3.05) is 0 Å². The van der Waals surface area contributed by atoms with Crippen molar-refractivity contribution < 1.29 is 0 Å². The van der Waals surface area contributed by atoms with Gasteiger partial charge in [-0.1, -0.05) is 65.7 Å². The van der Waals surface area contributed by atoms with Gasteiger partial charge in [0, 0.05) is 20.7 Å². The Morgan fingerprint density at radius 1 is 1.10 bits per heavy atom. The van der Waals surface area contributed by atoms with Gasteiger partial charge in [0.05, 0.1) is 11.1 Å². The van der Waals surface area contributed by atoms with E-state index in [0.29, 0.717) is 26.3 Å². The molecule has 0 aliphatic heterocycles. The van der Waals surface area contributed by atoms with E-state index in [1.807, 2.05) is 50.2 Å². The summed E-state index contributed by atoms with van der Waals surface area (Å²) in [7, 11) is 0. The molecule has 0 aliphatic rings. The molecule has 0 aliphatic carbocycles. The van der Waals surface area contributed by atoms with Gasteiger partial charge in [0.2, 0.25) is 0 Å². The van der Waals surface area contributed by atoms with Gasteiger partial charge < -0.3 is 0 Å². The first kappa shape index (κ1) is 21.4. The Labute approximate surface area is 193 Å². The Hall–Kier alpha value is -1.79. The molecular weight excluding hydrogens is 455 g/mol. The molecule has 154 valence electrons. The van der Waals surface area contributed by atoms with Crippen LogP contribution >= 0.6 is 46.3 Å². The largest absolute Gasteiger partial charge is 0.268 e. The number of benzene rings is 2. The molecule has 7 heteroatoms. The summed E-state index contributed by atoms with van der Waals surface area (Å²) in [4.78, 5) is 20.5. The van der Waals surface area contributed by atoms with Gasteiger partial charge in [-0.15, -0.1) is 11.3 Å². The normalized spacial score (nSPS) is 11.4. The van der Waals surface area contributed by atoms with Crippen LogP contribution in [-0.4, -0.2) is 9.55 Å². The van der Waals surface area contributed by atoms with Gasteiger partial charge in [0.15, 0.2) is 5.16 Å². The van der Waals surface area contributed by atoms with Crippen molar-refractivity contribution in [3.05, 3.63) is 84.4 Å². The molecule has 2 aromatic heterocycles. The molecule has 0 saturated carbocycles. The van der Waals surface area contributed by atoms with Gasteiger partial charge in [0.25, 0.3) is 5.56 Å². The second-order valence-electron chi connectivity index (χ2n) is 7.08. The molecular formula is C23H20Cl2N2OS2. The minimum atomic E-state index is -0.0259. The molecule has 4 rings (SSSR count). The van der Waals surface area contributed by atoms with E-state index in [9.17, 15) is 4.79 Å². The number of fused-ring (bicyclic) bond motifs is 1. The van der Waals surface area contributed by atoms with Crippen LogP contribution < -0.4 is 5.56 Å². The first-order valence-corrected chi connectivity index (χ1v) is 12.1. The molecule has 0 spiro atoms. The summed E-state index contributed by atoms with van der Waals surface area (Å²) < 4.78 is 1.72. The van der Waals surface area contributed by atoms with Crippen LogP contribution in [0.15, 0.2) is 52.4 Å². The highest BCUT2D eigenvalue weighted by atomic mass is 35.5. The first-order valence-electron chi connectivity index (χ1n) is 9.57. The molecule has 3 nitrogen and oxygen atoms in total. The van der Waals surface area contributed by atoms with Crippen LogP contribution in [-0.2, 0) is 12.2 Å². The molecule has 0 amide bonds. The Morgan fingerprint density at radius 3 is 2.50 bits per heavy atom. The predicted molar refractivity (Wildman–Crippen MR) is 130 cm³/mol. The third kappa shape index (κ3) is 4.04.